The first-order valence-electron chi connectivity index (χ1n) is 19.8. The number of aromatic nitrogens is 7. The summed E-state index contributed by atoms with van der Waals surface area (Å²) in [5, 5.41) is 3.99. The van der Waals surface area contributed by atoms with Crippen LogP contribution in [0.25, 0.3) is 11.3 Å². The Labute approximate surface area is 407 Å². The number of anilines is 1. The molecule has 25 heteroatoms. The van der Waals surface area contributed by atoms with Crippen molar-refractivity contribution in [3.05, 3.63) is 100 Å². The summed E-state index contributed by atoms with van der Waals surface area (Å²) >= 11 is 12.3. The van der Waals surface area contributed by atoms with Crippen LogP contribution in [0.4, 0.5) is 37.0 Å². The van der Waals surface area contributed by atoms with E-state index in [-0.39, 0.29) is 24.3 Å². The summed E-state index contributed by atoms with van der Waals surface area (Å²) in [7, 11) is 1.29. The molecule has 1 unspecified atom stereocenters. The summed E-state index contributed by atoms with van der Waals surface area (Å²) in [6, 6.07) is 0.522. The zero-order valence-corrected chi connectivity index (χ0v) is 41.8. The number of amides is 1. The van der Waals surface area contributed by atoms with E-state index in [2.05, 4.69) is 98.4 Å². The number of methoxy groups -OCH3 is 1. The van der Waals surface area contributed by atoms with Gasteiger partial charge in [-0.3, -0.25) is 9.69 Å². The fourth-order valence-electron chi connectivity index (χ4n) is 7.19. The minimum Gasteiger partial charge on any atom is -0.464 e. The van der Waals surface area contributed by atoms with Crippen molar-refractivity contribution < 1.29 is 54.7 Å². The van der Waals surface area contributed by atoms with Gasteiger partial charge in [0.1, 0.15) is 41.7 Å². The van der Waals surface area contributed by atoms with Crippen molar-refractivity contribution in [3.8, 4) is 11.3 Å². The van der Waals surface area contributed by atoms with Crippen molar-refractivity contribution in [1.29, 1.82) is 0 Å². The van der Waals surface area contributed by atoms with Crippen molar-refractivity contribution in [1.82, 2.24) is 40.0 Å². The number of carbonyl (C=O) groups is 3. The molecular formula is C41H39Br4F6N9O6. The van der Waals surface area contributed by atoms with Gasteiger partial charge in [0.15, 0.2) is 17.8 Å². The van der Waals surface area contributed by atoms with Crippen molar-refractivity contribution in [2.75, 3.05) is 18.6 Å². The Morgan fingerprint density at radius 1 is 0.894 bits per heavy atom. The molecule has 0 N–H and O–H groups in total. The molecule has 7 rings (SSSR count). The summed E-state index contributed by atoms with van der Waals surface area (Å²) in [4.78, 5) is 62.9. The van der Waals surface area contributed by atoms with Gasteiger partial charge in [0, 0.05) is 12.6 Å². The second-order valence-corrected chi connectivity index (χ2v) is 17.8. The highest BCUT2D eigenvalue weighted by Crippen LogP contribution is 2.42. The molecule has 0 radical (unpaired) electrons. The van der Waals surface area contributed by atoms with Gasteiger partial charge in [-0.15, -0.1) is 0 Å². The Bertz CT molecular complexity index is 2490. The molecule has 1 aliphatic carbocycles. The number of carbonyl (C=O) groups excluding carboxylic acids is 3. The van der Waals surface area contributed by atoms with Crippen molar-refractivity contribution >= 4 is 87.9 Å². The molecule has 2 fully saturated rings. The average molecular weight is 1190 g/mol. The highest BCUT2D eigenvalue weighted by molar-refractivity contribution is 9.11. The van der Waals surface area contributed by atoms with Crippen molar-refractivity contribution in [3.63, 3.8) is 0 Å². The molecule has 1 aliphatic heterocycles. The van der Waals surface area contributed by atoms with Crippen molar-refractivity contribution in [2.45, 2.75) is 96.9 Å². The van der Waals surface area contributed by atoms with Gasteiger partial charge in [-0.2, -0.15) is 26.3 Å². The Hall–Kier alpha value is -4.62. The molecule has 354 valence electrons. The van der Waals surface area contributed by atoms with E-state index in [4.69, 9.17) is 19.2 Å². The number of hydrogen-bond acceptors (Lipinski definition) is 14. The number of benzene rings is 1. The molecule has 2 aliphatic rings. The first-order chi connectivity index (χ1) is 31.1. The van der Waals surface area contributed by atoms with Gasteiger partial charge in [-0.25, -0.2) is 39.5 Å². The van der Waals surface area contributed by atoms with E-state index >= 15 is 0 Å². The summed E-state index contributed by atoms with van der Waals surface area (Å²) in [5.41, 5.74) is -0.780. The minimum absolute atomic E-state index is 0.0510. The number of nitrogens with zero attached hydrogens (tertiary/aromatic N) is 9. The summed E-state index contributed by atoms with van der Waals surface area (Å²) in [6.07, 6.45) is -1.89. The fourth-order valence-corrected chi connectivity index (χ4v) is 8.41. The zero-order chi connectivity index (χ0) is 48.7. The first-order valence-corrected chi connectivity index (χ1v) is 23.0. The molecule has 15 nitrogen and oxygen atoms in total. The van der Waals surface area contributed by atoms with Gasteiger partial charge >= 0.3 is 24.4 Å². The highest BCUT2D eigenvalue weighted by Gasteiger charge is 2.44. The predicted octanol–water partition coefficient (Wildman–Crippen LogP) is 11.6. The van der Waals surface area contributed by atoms with E-state index in [0.717, 1.165) is 32.1 Å². The fraction of sp³-hybridized carbons (Fsp3) is 0.415. The molecule has 0 spiro atoms. The molecule has 4 aromatic heterocycles. The zero-order valence-electron chi connectivity index (χ0n) is 35.5. The van der Waals surface area contributed by atoms with Gasteiger partial charge in [0.2, 0.25) is 0 Å². The van der Waals surface area contributed by atoms with Crippen LogP contribution in [0.15, 0.2) is 59.7 Å². The van der Waals surface area contributed by atoms with Gasteiger partial charge < -0.3 is 18.9 Å². The topological polar surface area (TPSA) is 180 Å². The SMILES string of the molecule is CCN(c1ncc(-c2c(C)noc2C)nc1CN1C(=O)OC(c2cc(C(F)(F)F)cc(C(F)(F)F)c2)[C@@H]1C)C1CCCCC1.COC(=O)c1nc(Br)cnc1Br.O=Cc1nc(Br)cnc1Br. The van der Waals surface area contributed by atoms with Gasteiger partial charge in [-0.1, -0.05) is 24.4 Å². The molecule has 1 saturated carbocycles. The van der Waals surface area contributed by atoms with Crippen LogP contribution in [0, 0.1) is 13.8 Å². The van der Waals surface area contributed by atoms with E-state index in [0.29, 0.717) is 83.3 Å². The Balaban J connectivity index is 0.000000301. The monoisotopic (exact) mass is 1180 g/mol. The number of cyclic esters (lactones) is 1. The quantitative estimate of drug-likeness (QED) is 0.0773. The van der Waals surface area contributed by atoms with Crippen LogP contribution in [0.1, 0.15) is 107 Å². The molecule has 66 heavy (non-hydrogen) atoms. The van der Waals surface area contributed by atoms with Crippen LogP contribution < -0.4 is 4.90 Å². The lowest BCUT2D eigenvalue weighted by molar-refractivity contribution is -0.143. The number of aldehydes is 1. The molecule has 1 aromatic carbocycles. The maximum Gasteiger partial charge on any atom is 0.416 e. The molecule has 5 heterocycles. The summed E-state index contributed by atoms with van der Waals surface area (Å²) in [6.45, 7) is 7.49. The second-order valence-electron chi connectivity index (χ2n) is 14.6. The van der Waals surface area contributed by atoms with E-state index in [1.807, 2.05) is 6.92 Å². The highest BCUT2D eigenvalue weighted by atomic mass is 79.9. The molecule has 1 saturated heterocycles. The number of rotatable bonds is 9. The largest absolute Gasteiger partial charge is 0.464 e. The minimum atomic E-state index is -5.03. The van der Waals surface area contributed by atoms with Crippen LogP contribution in [0.3, 0.4) is 0 Å². The van der Waals surface area contributed by atoms with Gasteiger partial charge in [-0.05, 0) is 128 Å². The summed E-state index contributed by atoms with van der Waals surface area (Å²) in [5.74, 6) is 0.557. The summed E-state index contributed by atoms with van der Waals surface area (Å²) < 4.78 is 98.5. The molecule has 5 aromatic rings. The lowest BCUT2D eigenvalue weighted by Crippen LogP contribution is -2.39. The number of ether oxygens (including phenoxy) is 2. The lowest BCUT2D eigenvalue weighted by Gasteiger charge is -2.35. The van der Waals surface area contributed by atoms with Gasteiger partial charge in [0.25, 0.3) is 0 Å². The third-order valence-corrected chi connectivity index (χ3v) is 12.3. The van der Waals surface area contributed by atoms with E-state index < -0.39 is 53.3 Å². The molecule has 2 atom stereocenters. The Morgan fingerprint density at radius 2 is 1.50 bits per heavy atom. The maximum atomic E-state index is 13.6. The number of hydrogen-bond donors (Lipinski definition) is 0. The van der Waals surface area contributed by atoms with Gasteiger partial charge in [0.05, 0.1) is 66.4 Å². The molecular weight excluding hydrogens is 1150 g/mol. The molecule has 1 amide bonds. The third kappa shape index (κ3) is 12.9. The van der Waals surface area contributed by atoms with Crippen LogP contribution in [-0.4, -0.2) is 84.0 Å². The number of aryl methyl sites for hydroxylation is 2. The van der Waals surface area contributed by atoms with E-state index in [1.54, 1.807) is 20.0 Å². The van der Waals surface area contributed by atoms with E-state index in [9.17, 15) is 40.7 Å². The lowest BCUT2D eigenvalue weighted by atomic mass is 9.94. The molecule has 0 bridgehead atoms. The van der Waals surface area contributed by atoms with Crippen molar-refractivity contribution in [2.24, 2.45) is 0 Å². The van der Waals surface area contributed by atoms with Crippen LogP contribution in [0.5, 0.6) is 0 Å². The number of halogens is 10. The standard InChI is InChI=1S/C30H33F6N5O3.C6H4Br2N2O2.C5H2Br2N2O/c1-5-40(22-9-7-6-8-10-22)27-24(38-23(14-37-27)25-16(2)39-44-18(25)4)15-41-17(3)26(43-28(41)42)19-11-20(29(31,32)33)13-21(12-19)30(34,35)36;1-12-6(11)4-5(8)9-2-3(7)10-4;6-4-1-8-5(7)3(2-10)9-4/h11-14,17,22,26H,5-10,15H2,1-4H3;2H,1H3;1-2H/t17-,26?;;/m0../s1. The Morgan fingerprint density at radius 3 is 2.03 bits per heavy atom. The third-order valence-electron chi connectivity index (χ3n) is 10.3. The smallest absolute Gasteiger partial charge is 0.416 e. The maximum absolute atomic E-state index is 13.6. The average Bonchev–Trinajstić information content (AvgIpc) is 3.77. The number of esters is 1. The Kier molecular flexibility index (Phi) is 17.8. The number of alkyl halides is 6. The second kappa shape index (κ2) is 22.5. The first kappa shape index (κ1) is 52.4. The van der Waals surface area contributed by atoms with E-state index in [1.165, 1.54) is 31.3 Å². The normalized spacial score (nSPS) is 16.4. The van der Waals surface area contributed by atoms with Crippen LogP contribution >= 0.6 is 63.7 Å². The van der Waals surface area contributed by atoms with Crippen LogP contribution in [-0.2, 0) is 28.4 Å². The van der Waals surface area contributed by atoms with Crippen LogP contribution in [0.2, 0.25) is 0 Å². The predicted molar refractivity (Wildman–Crippen MR) is 239 cm³/mol.